The summed E-state index contributed by atoms with van der Waals surface area (Å²) in [5.74, 6) is -0.573. The largest absolute Gasteiger partial charge is 0.447 e. The summed E-state index contributed by atoms with van der Waals surface area (Å²) in [4.78, 5) is 30.5. The normalized spacial score (nSPS) is 12.8. The summed E-state index contributed by atoms with van der Waals surface area (Å²) in [5.41, 5.74) is 1.19. The van der Waals surface area contributed by atoms with E-state index < -0.39 is 30.1 Å². The molecule has 3 N–H and O–H groups in total. The molecule has 2 aromatic carbocycles. The van der Waals surface area contributed by atoms with Crippen LogP contribution in [0, 0.1) is 5.82 Å². The first kappa shape index (κ1) is 24.7. The van der Waals surface area contributed by atoms with Crippen LogP contribution in [0.1, 0.15) is 18.9 Å². The van der Waals surface area contributed by atoms with E-state index in [4.69, 9.17) is 16.3 Å². The van der Waals surface area contributed by atoms with Crippen molar-refractivity contribution in [1.29, 1.82) is 0 Å². The van der Waals surface area contributed by atoms with Gasteiger partial charge in [0.2, 0.25) is 0 Å². The molecule has 0 saturated heterocycles. The highest BCUT2D eigenvalue weighted by atomic mass is 35.5. The number of halogens is 2. The summed E-state index contributed by atoms with van der Waals surface area (Å²) in [7, 11) is 1.52. The van der Waals surface area contributed by atoms with Gasteiger partial charge in [0.25, 0.3) is 0 Å². The van der Waals surface area contributed by atoms with Crippen molar-refractivity contribution in [3.05, 3.63) is 58.9 Å². The maximum Gasteiger partial charge on any atom is 0.413 e. The average Bonchev–Trinajstić information content (AvgIpc) is 3.18. The number of aliphatic hydroxyl groups excluding tert-OH is 1. The number of nitrogens with zero attached hydrogens (tertiary/aromatic N) is 2. The van der Waals surface area contributed by atoms with Crippen LogP contribution in [0.4, 0.5) is 19.1 Å². The van der Waals surface area contributed by atoms with Gasteiger partial charge in [0.1, 0.15) is 12.4 Å². The topological polar surface area (TPSA) is 104 Å². The lowest BCUT2D eigenvalue weighted by atomic mass is 10.1. The van der Waals surface area contributed by atoms with E-state index >= 15 is 0 Å². The molecule has 1 heterocycles. The summed E-state index contributed by atoms with van der Waals surface area (Å²) in [6.45, 7) is 1.44. The number of fused-ring (bicyclic) bond motifs is 1. The minimum Gasteiger partial charge on any atom is -0.447 e. The van der Waals surface area contributed by atoms with Gasteiger partial charge in [-0.2, -0.15) is 0 Å². The first-order chi connectivity index (χ1) is 15.7. The molecule has 33 heavy (non-hydrogen) atoms. The van der Waals surface area contributed by atoms with Gasteiger partial charge in [-0.3, -0.25) is 5.32 Å². The summed E-state index contributed by atoms with van der Waals surface area (Å²) < 4.78 is 19.8. The molecule has 3 aromatic rings. The summed E-state index contributed by atoms with van der Waals surface area (Å²) >= 11 is 7.24. The van der Waals surface area contributed by atoms with Crippen molar-refractivity contribution >= 4 is 50.4 Å². The molecule has 0 bridgehead atoms. The second-order valence-electron chi connectivity index (χ2n) is 7.43. The van der Waals surface area contributed by atoms with Gasteiger partial charge in [0, 0.05) is 13.6 Å². The van der Waals surface area contributed by atoms with Crippen molar-refractivity contribution in [2.45, 2.75) is 32.0 Å². The molecule has 0 aliphatic rings. The minimum absolute atomic E-state index is 0.0140. The van der Waals surface area contributed by atoms with Gasteiger partial charge in [0.05, 0.1) is 27.4 Å². The Morgan fingerprint density at radius 2 is 2.03 bits per heavy atom. The van der Waals surface area contributed by atoms with Gasteiger partial charge in [-0.25, -0.2) is 19.0 Å². The Morgan fingerprint density at radius 3 is 2.76 bits per heavy atom. The number of nitrogens with one attached hydrogen (secondary N) is 2. The summed E-state index contributed by atoms with van der Waals surface area (Å²) in [6.07, 6.45) is -1.28. The monoisotopic (exact) mass is 494 g/mol. The van der Waals surface area contributed by atoms with Gasteiger partial charge in [-0.15, -0.1) is 0 Å². The van der Waals surface area contributed by atoms with Crippen LogP contribution in [0.2, 0.25) is 5.02 Å². The van der Waals surface area contributed by atoms with Crippen molar-refractivity contribution in [1.82, 2.24) is 15.2 Å². The zero-order chi connectivity index (χ0) is 24.0. The number of hydrogen-bond donors (Lipinski definition) is 3. The Kier molecular flexibility index (Phi) is 8.43. The molecular formula is C22H24ClFN4O4S. The van der Waals surface area contributed by atoms with Crippen LogP contribution in [0.5, 0.6) is 0 Å². The molecule has 2 atom stereocenters. The SMILES string of the molecule is C[C@@H](O)C[C@@H](COC(=O)Nc1nc2ccccc2s1)N(C)C(=O)NCc1cccc(F)c1Cl. The van der Waals surface area contributed by atoms with E-state index in [0.717, 1.165) is 10.2 Å². The molecule has 0 radical (unpaired) electrons. The Balaban J connectivity index is 1.56. The van der Waals surface area contributed by atoms with Crippen LogP contribution in [0.25, 0.3) is 10.2 Å². The molecule has 0 aliphatic heterocycles. The van der Waals surface area contributed by atoms with E-state index in [1.165, 1.54) is 35.4 Å². The van der Waals surface area contributed by atoms with E-state index in [-0.39, 0.29) is 24.6 Å². The molecular weight excluding hydrogens is 471 g/mol. The van der Waals surface area contributed by atoms with E-state index in [1.54, 1.807) is 13.0 Å². The third-order valence-corrected chi connectivity index (χ3v) is 6.23. The van der Waals surface area contributed by atoms with Crippen molar-refractivity contribution in [2.24, 2.45) is 0 Å². The highest BCUT2D eigenvalue weighted by Crippen LogP contribution is 2.25. The number of carbonyl (C=O) groups is 2. The minimum atomic E-state index is -0.737. The third-order valence-electron chi connectivity index (χ3n) is 4.85. The second kappa shape index (κ2) is 11.3. The summed E-state index contributed by atoms with van der Waals surface area (Å²) in [5, 5.41) is 15.4. The van der Waals surface area contributed by atoms with E-state index in [2.05, 4.69) is 15.6 Å². The molecule has 11 heteroatoms. The number of para-hydroxylation sites is 1. The third kappa shape index (κ3) is 6.77. The van der Waals surface area contributed by atoms with Crippen LogP contribution < -0.4 is 10.6 Å². The number of aromatic nitrogens is 1. The fourth-order valence-electron chi connectivity index (χ4n) is 3.10. The van der Waals surface area contributed by atoms with Crippen molar-refractivity contribution in [2.75, 3.05) is 19.0 Å². The van der Waals surface area contributed by atoms with Crippen LogP contribution in [0.15, 0.2) is 42.5 Å². The zero-order valence-corrected chi connectivity index (χ0v) is 19.6. The lowest BCUT2D eigenvalue weighted by Gasteiger charge is -2.29. The number of rotatable bonds is 8. The number of amides is 3. The van der Waals surface area contributed by atoms with Crippen molar-refractivity contribution < 1.29 is 23.8 Å². The zero-order valence-electron chi connectivity index (χ0n) is 18.0. The van der Waals surface area contributed by atoms with Gasteiger partial charge < -0.3 is 20.1 Å². The number of carbonyl (C=O) groups excluding carboxylic acids is 2. The molecule has 3 amide bonds. The molecule has 8 nitrogen and oxygen atoms in total. The fourth-order valence-corrected chi connectivity index (χ4v) is 4.14. The molecule has 0 aliphatic carbocycles. The molecule has 1 aromatic heterocycles. The molecule has 0 unspecified atom stereocenters. The van der Waals surface area contributed by atoms with Gasteiger partial charge in [0.15, 0.2) is 5.13 Å². The number of ether oxygens (including phenoxy) is 1. The molecule has 0 saturated carbocycles. The first-order valence-electron chi connectivity index (χ1n) is 10.2. The predicted molar refractivity (Wildman–Crippen MR) is 126 cm³/mol. The number of anilines is 1. The number of likely N-dealkylation sites (N-methyl/N-ethyl adjacent to an activating group) is 1. The number of aliphatic hydroxyl groups is 1. The lowest BCUT2D eigenvalue weighted by molar-refractivity contribution is 0.0848. The van der Waals surface area contributed by atoms with Crippen molar-refractivity contribution in [3.8, 4) is 0 Å². The highest BCUT2D eigenvalue weighted by molar-refractivity contribution is 7.22. The number of thiazole rings is 1. The highest BCUT2D eigenvalue weighted by Gasteiger charge is 2.24. The van der Waals surface area contributed by atoms with Gasteiger partial charge >= 0.3 is 12.1 Å². The Morgan fingerprint density at radius 1 is 1.27 bits per heavy atom. The van der Waals surface area contributed by atoms with Gasteiger partial charge in [-0.05, 0) is 37.1 Å². The molecule has 176 valence electrons. The summed E-state index contributed by atoms with van der Waals surface area (Å²) in [6, 6.07) is 10.7. The lowest BCUT2D eigenvalue weighted by Crippen LogP contribution is -2.47. The van der Waals surface area contributed by atoms with Crippen LogP contribution >= 0.6 is 22.9 Å². The standard InChI is InChI=1S/C22H24ClFN4O4S/c1-13(29)10-15(28(2)21(30)25-11-14-6-5-7-16(24)19(14)23)12-32-22(31)27-20-26-17-8-3-4-9-18(17)33-20/h3-9,13,15,29H,10-12H2,1-2H3,(H,25,30)(H,26,27,31)/t13-,15+/m1/s1. The van der Waals surface area contributed by atoms with Crippen LogP contribution in [0.3, 0.4) is 0 Å². The quantitative estimate of drug-likeness (QED) is 0.424. The maximum atomic E-state index is 13.6. The molecule has 0 fully saturated rings. The number of hydrogen-bond acceptors (Lipinski definition) is 6. The number of urea groups is 1. The fraction of sp³-hybridized carbons (Fsp3) is 0.318. The predicted octanol–water partition coefficient (Wildman–Crippen LogP) is 4.62. The first-order valence-corrected chi connectivity index (χ1v) is 11.3. The maximum absolute atomic E-state index is 13.6. The van der Waals surface area contributed by atoms with Gasteiger partial charge in [-0.1, -0.05) is 47.2 Å². The van der Waals surface area contributed by atoms with E-state index in [1.807, 2.05) is 24.3 Å². The second-order valence-corrected chi connectivity index (χ2v) is 8.84. The average molecular weight is 495 g/mol. The Hall–Kier alpha value is -2.95. The van der Waals surface area contributed by atoms with Crippen molar-refractivity contribution in [3.63, 3.8) is 0 Å². The van der Waals surface area contributed by atoms with E-state index in [9.17, 15) is 19.1 Å². The molecule has 3 rings (SSSR count). The Labute approximate surface area is 199 Å². The van der Waals surface area contributed by atoms with E-state index in [0.29, 0.717) is 10.7 Å². The molecule has 0 spiro atoms. The Bertz CT molecular complexity index is 1090. The van der Waals surface area contributed by atoms with Crippen LogP contribution in [-0.2, 0) is 11.3 Å². The van der Waals surface area contributed by atoms with Crippen LogP contribution in [-0.4, -0.2) is 52.9 Å². The smallest absolute Gasteiger partial charge is 0.413 e. The number of benzene rings is 2.